The molecule has 3 rings (SSSR count). The molecule has 4 atom stereocenters. The van der Waals surface area contributed by atoms with Crippen LogP contribution in [-0.4, -0.2) is 58.8 Å². The van der Waals surface area contributed by atoms with Crippen molar-refractivity contribution in [1.82, 2.24) is 0 Å². The highest BCUT2D eigenvalue weighted by molar-refractivity contribution is 5.90. The lowest BCUT2D eigenvalue weighted by Crippen LogP contribution is -2.50. The lowest BCUT2D eigenvalue weighted by atomic mass is 9.92. The summed E-state index contributed by atoms with van der Waals surface area (Å²) >= 11 is 0. The number of rotatable bonds is 6. The first kappa shape index (κ1) is 21.0. The van der Waals surface area contributed by atoms with Gasteiger partial charge in [0, 0.05) is 0 Å². The fourth-order valence-electron chi connectivity index (χ4n) is 3.42. The van der Waals surface area contributed by atoms with Gasteiger partial charge in [0.05, 0.1) is 24.3 Å². The molecule has 1 aliphatic heterocycles. The first-order valence-corrected chi connectivity index (χ1v) is 9.27. The van der Waals surface area contributed by atoms with Gasteiger partial charge < -0.3 is 24.4 Å². The highest BCUT2D eigenvalue weighted by atomic mass is 16.7. The zero-order chi connectivity index (χ0) is 21.1. The van der Waals surface area contributed by atoms with Crippen LogP contribution in [0, 0.1) is 0 Å². The molecule has 2 N–H and O–H groups in total. The van der Waals surface area contributed by atoms with E-state index in [1.165, 1.54) is 0 Å². The van der Waals surface area contributed by atoms with Gasteiger partial charge in [-0.05, 0) is 38.1 Å². The maximum atomic E-state index is 12.6. The SMILES string of the molecule is C[C@]1(CO)O[C@@](C)(CO)[C@H](OC(=O)c2ccccc2)[C@@H]1OC(=O)c1ccccc1. The van der Waals surface area contributed by atoms with Crippen LogP contribution >= 0.6 is 0 Å². The Morgan fingerprint density at radius 1 is 0.793 bits per heavy atom. The minimum Gasteiger partial charge on any atom is -0.451 e. The van der Waals surface area contributed by atoms with Crippen molar-refractivity contribution in [2.24, 2.45) is 0 Å². The van der Waals surface area contributed by atoms with E-state index >= 15 is 0 Å². The van der Waals surface area contributed by atoms with Crippen molar-refractivity contribution in [1.29, 1.82) is 0 Å². The van der Waals surface area contributed by atoms with Crippen molar-refractivity contribution >= 4 is 11.9 Å². The molecule has 2 aromatic carbocycles. The van der Waals surface area contributed by atoms with Crippen LogP contribution in [0.3, 0.4) is 0 Å². The molecular formula is C22H24O7. The van der Waals surface area contributed by atoms with Crippen molar-refractivity contribution in [2.75, 3.05) is 13.2 Å². The molecule has 0 spiro atoms. The van der Waals surface area contributed by atoms with Crippen LogP contribution in [0.5, 0.6) is 0 Å². The lowest BCUT2D eigenvalue weighted by molar-refractivity contribution is -0.150. The summed E-state index contributed by atoms with van der Waals surface area (Å²) in [6.07, 6.45) is -2.27. The number of aliphatic hydroxyl groups is 2. The average molecular weight is 400 g/mol. The highest BCUT2D eigenvalue weighted by Crippen LogP contribution is 2.42. The Kier molecular flexibility index (Phi) is 6.02. The maximum Gasteiger partial charge on any atom is 0.338 e. The van der Waals surface area contributed by atoms with Gasteiger partial charge in [-0.2, -0.15) is 0 Å². The second-order valence-electron chi connectivity index (χ2n) is 7.43. The van der Waals surface area contributed by atoms with Crippen LogP contribution in [0.4, 0.5) is 0 Å². The van der Waals surface area contributed by atoms with Crippen LogP contribution in [0.15, 0.2) is 60.7 Å². The summed E-state index contributed by atoms with van der Waals surface area (Å²) in [7, 11) is 0. The minimum atomic E-state index is -1.37. The second kappa shape index (κ2) is 8.32. The zero-order valence-corrected chi connectivity index (χ0v) is 16.3. The monoisotopic (exact) mass is 400 g/mol. The summed E-state index contributed by atoms with van der Waals surface area (Å²) in [6.45, 7) is 2.07. The van der Waals surface area contributed by atoms with Crippen molar-refractivity contribution in [3.05, 3.63) is 71.8 Å². The molecule has 7 nitrogen and oxygen atoms in total. The smallest absolute Gasteiger partial charge is 0.338 e. The molecule has 0 unspecified atom stereocenters. The molecule has 0 saturated carbocycles. The minimum absolute atomic E-state index is 0.304. The Labute approximate surface area is 168 Å². The number of hydrogen-bond donors (Lipinski definition) is 2. The van der Waals surface area contributed by atoms with Crippen molar-refractivity contribution in [3.63, 3.8) is 0 Å². The number of esters is 2. The molecule has 1 aliphatic rings. The molecule has 0 radical (unpaired) electrons. The van der Waals surface area contributed by atoms with Crippen LogP contribution in [0.2, 0.25) is 0 Å². The van der Waals surface area contributed by atoms with Gasteiger partial charge in [-0.1, -0.05) is 36.4 Å². The van der Waals surface area contributed by atoms with E-state index in [0.29, 0.717) is 11.1 Å². The van der Waals surface area contributed by atoms with Gasteiger partial charge in [-0.25, -0.2) is 9.59 Å². The molecular weight excluding hydrogens is 376 g/mol. The fourth-order valence-corrected chi connectivity index (χ4v) is 3.42. The Balaban J connectivity index is 1.92. The first-order valence-electron chi connectivity index (χ1n) is 9.27. The van der Waals surface area contributed by atoms with E-state index in [-0.39, 0.29) is 0 Å². The van der Waals surface area contributed by atoms with Gasteiger partial charge in [0.2, 0.25) is 0 Å². The quantitative estimate of drug-likeness (QED) is 0.715. The summed E-state index contributed by atoms with van der Waals surface area (Å²) in [5.74, 6) is -1.30. The molecule has 0 aromatic heterocycles. The normalized spacial score (nSPS) is 28.7. The van der Waals surface area contributed by atoms with E-state index in [9.17, 15) is 19.8 Å². The van der Waals surface area contributed by atoms with E-state index < -0.39 is 48.6 Å². The molecule has 0 aliphatic carbocycles. The van der Waals surface area contributed by atoms with Crippen molar-refractivity contribution in [2.45, 2.75) is 37.3 Å². The molecule has 7 heteroatoms. The van der Waals surface area contributed by atoms with E-state index in [0.717, 1.165) is 0 Å². The molecule has 0 amide bonds. The summed E-state index contributed by atoms with van der Waals surface area (Å²) in [4.78, 5) is 25.3. The number of carbonyl (C=O) groups is 2. The predicted octanol–water partition coefficient (Wildman–Crippen LogP) is 1.97. The average Bonchev–Trinajstić information content (AvgIpc) is 2.97. The summed E-state index contributed by atoms with van der Waals surface area (Å²) < 4.78 is 17.2. The standard InChI is InChI=1S/C22H24O7/c1-21(13-23)17(27-19(25)15-9-5-3-6-10-15)18(22(2,14-24)29-21)28-20(26)16-11-7-4-8-12-16/h3-12,17-18,23-24H,13-14H2,1-2H3/t17-,18+,21+,22-. The third kappa shape index (κ3) is 4.17. The number of ether oxygens (including phenoxy) is 3. The van der Waals surface area contributed by atoms with Crippen molar-refractivity contribution in [3.8, 4) is 0 Å². The van der Waals surface area contributed by atoms with Gasteiger partial charge in [0.15, 0.2) is 12.2 Å². The molecule has 0 bridgehead atoms. The van der Waals surface area contributed by atoms with Gasteiger partial charge in [-0.15, -0.1) is 0 Å². The molecule has 1 heterocycles. The van der Waals surface area contributed by atoms with Gasteiger partial charge in [-0.3, -0.25) is 0 Å². The molecule has 1 saturated heterocycles. The fraction of sp³-hybridized carbons (Fsp3) is 0.364. The van der Waals surface area contributed by atoms with Crippen LogP contribution in [-0.2, 0) is 14.2 Å². The summed E-state index contributed by atoms with van der Waals surface area (Å²) in [5.41, 5.74) is -2.13. The molecule has 2 aromatic rings. The highest BCUT2D eigenvalue weighted by Gasteiger charge is 2.62. The van der Waals surface area contributed by atoms with Crippen molar-refractivity contribution < 1.29 is 34.0 Å². The third-order valence-electron chi connectivity index (χ3n) is 5.06. The Hall–Kier alpha value is -2.74. The van der Waals surface area contributed by atoms with Gasteiger partial charge in [0.1, 0.15) is 11.2 Å². The zero-order valence-electron chi connectivity index (χ0n) is 16.3. The van der Waals surface area contributed by atoms with E-state index in [4.69, 9.17) is 14.2 Å². The van der Waals surface area contributed by atoms with Gasteiger partial charge in [0.25, 0.3) is 0 Å². The lowest BCUT2D eigenvalue weighted by Gasteiger charge is -2.30. The molecule has 29 heavy (non-hydrogen) atoms. The Bertz CT molecular complexity index is 782. The van der Waals surface area contributed by atoms with Crippen LogP contribution < -0.4 is 0 Å². The first-order chi connectivity index (χ1) is 13.8. The van der Waals surface area contributed by atoms with E-state index in [2.05, 4.69) is 0 Å². The number of aliphatic hydroxyl groups excluding tert-OH is 2. The summed E-state index contributed by atoms with van der Waals surface area (Å²) in [6, 6.07) is 16.6. The maximum absolute atomic E-state index is 12.6. The van der Waals surface area contributed by atoms with E-state index in [1.807, 2.05) is 0 Å². The largest absolute Gasteiger partial charge is 0.451 e. The van der Waals surface area contributed by atoms with Crippen LogP contribution in [0.25, 0.3) is 0 Å². The number of hydrogen-bond acceptors (Lipinski definition) is 7. The van der Waals surface area contributed by atoms with Crippen LogP contribution in [0.1, 0.15) is 34.6 Å². The third-order valence-corrected chi connectivity index (χ3v) is 5.06. The molecule has 1 fully saturated rings. The number of benzene rings is 2. The Morgan fingerprint density at radius 3 is 1.45 bits per heavy atom. The predicted molar refractivity (Wildman–Crippen MR) is 103 cm³/mol. The number of carbonyl (C=O) groups excluding carboxylic acids is 2. The van der Waals surface area contributed by atoms with Gasteiger partial charge >= 0.3 is 11.9 Å². The Morgan fingerprint density at radius 2 is 1.14 bits per heavy atom. The van der Waals surface area contributed by atoms with E-state index in [1.54, 1.807) is 74.5 Å². The topological polar surface area (TPSA) is 102 Å². The summed E-state index contributed by atoms with van der Waals surface area (Å²) in [5, 5.41) is 19.9. The second-order valence-corrected chi connectivity index (χ2v) is 7.43. The molecule has 154 valence electrons.